The first-order valence-electron chi connectivity index (χ1n) is 7.18. The van der Waals surface area contributed by atoms with Crippen molar-refractivity contribution in [3.05, 3.63) is 23.8 Å². The minimum absolute atomic E-state index is 0.0143. The molecule has 6 heteroatoms. The van der Waals surface area contributed by atoms with Crippen LogP contribution in [0.25, 0.3) is 0 Å². The van der Waals surface area contributed by atoms with Crippen molar-refractivity contribution >= 4 is 17.5 Å². The fourth-order valence-corrected chi connectivity index (χ4v) is 2.88. The number of anilines is 1. The summed E-state index contributed by atoms with van der Waals surface area (Å²) < 4.78 is 5.35. The van der Waals surface area contributed by atoms with Crippen molar-refractivity contribution in [2.45, 2.75) is 31.8 Å². The van der Waals surface area contributed by atoms with E-state index in [9.17, 15) is 9.59 Å². The van der Waals surface area contributed by atoms with Gasteiger partial charge < -0.3 is 20.7 Å². The Morgan fingerprint density at radius 3 is 3.05 bits per heavy atom. The zero-order chi connectivity index (χ0) is 15.0. The molecule has 2 aliphatic heterocycles. The number of carbonyl (C=O) groups is 2. The molecule has 2 amide bonds. The number of carbonyl (C=O) groups excluding carboxylic acids is 2. The van der Waals surface area contributed by atoms with Crippen molar-refractivity contribution in [1.82, 2.24) is 4.90 Å². The topological polar surface area (TPSA) is 84.7 Å². The molecule has 0 aliphatic carbocycles. The van der Waals surface area contributed by atoms with Gasteiger partial charge >= 0.3 is 0 Å². The normalized spacial score (nSPS) is 24.9. The molecular formula is C15H19N3O3. The summed E-state index contributed by atoms with van der Waals surface area (Å²) in [6, 6.07) is 5.43. The maximum absolute atomic E-state index is 12.6. The third-order valence-electron chi connectivity index (χ3n) is 4.04. The maximum atomic E-state index is 12.6. The summed E-state index contributed by atoms with van der Waals surface area (Å²) in [5.41, 5.74) is 7.12. The van der Waals surface area contributed by atoms with E-state index in [0.717, 1.165) is 12.8 Å². The summed E-state index contributed by atoms with van der Waals surface area (Å²) in [6.45, 7) is 2.68. The molecule has 0 spiro atoms. The van der Waals surface area contributed by atoms with Crippen LogP contribution in [0.5, 0.6) is 5.75 Å². The van der Waals surface area contributed by atoms with Crippen LogP contribution in [0.2, 0.25) is 0 Å². The molecule has 0 saturated carbocycles. The summed E-state index contributed by atoms with van der Waals surface area (Å²) in [6.07, 6.45) is 1.65. The zero-order valence-electron chi connectivity index (χ0n) is 12.0. The third-order valence-corrected chi connectivity index (χ3v) is 4.04. The van der Waals surface area contributed by atoms with Crippen LogP contribution in [0.3, 0.4) is 0 Å². The summed E-state index contributed by atoms with van der Waals surface area (Å²) in [4.78, 5) is 25.7. The van der Waals surface area contributed by atoms with Crippen LogP contribution in [0.1, 0.15) is 30.1 Å². The fourth-order valence-electron chi connectivity index (χ4n) is 2.88. The van der Waals surface area contributed by atoms with Crippen molar-refractivity contribution in [3.8, 4) is 5.75 Å². The smallest absolute Gasteiger partial charge is 0.262 e. The van der Waals surface area contributed by atoms with Gasteiger partial charge in [-0.3, -0.25) is 9.59 Å². The number of hydrogen-bond acceptors (Lipinski definition) is 4. The van der Waals surface area contributed by atoms with E-state index < -0.39 is 0 Å². The van der Waals surface area contributed by atoms with Crippen LogP contribution in [0.15, 0.2) is 18.2 Å². The summed E-state index contributed by atoms with van der Waals surface area (Å²) in [5, 5.41) is 2.71. The first-order valence-corrected chi connectivity index (χ1v) is 7.18. The van der Waals surface area contributed by atoms with Crippen LogP contribution in [-0.4, -0.2) is 41.9 Å². The highest BCUT2D eigenvalue weighted by molar-refractivity contribution is 5.99. The molecular weight excluding hydrogens is 270 g/mol. The van der Waals surface area contributed by atoms with Gasteiger partial charge in [0.2, 0.25) is 0 Å². The van der Waals surface area contributed by atoms with Gasteiger partial charge in [0.15, 0.2) is 6.61 Å². The van der Waals surface area contributed by atoms with E-state index in [2.05, 4.69) is 5.32 Å². The first-order chi connectivity index (χ1) is 10.0. The molecule has 1 aromatic rings. The predicted octanol–water partition coefficient (Wildman–Crippen LogP) is 0.969. The van der Waals surface area contributed by atoms with Gasteiger partial charge in [-0.15, -0.1) is 0 Å². The molecule has 0 unspecified atom stereocenters. The summed E-state index contributed by atoms with van der Waals surface area (Å²) in [7, 11) is 0. The number of nitrogens with one attached hydrogen (secondary N) is 1. The minimum atomic E-state index is -0.180. The second kappa shape index (κ2) is 5.37. The van der Waals surface area contributed by atoms with Gasteiger partial charge in [-0.1, -0.05) is 0 Å². The van der Waals surface area contributed by atoms with Gasteiger partial charge in [0, 0.05) is 24.2 Å². The number of ether oxygens (including phenoxy) is 1. The number of fused-ring (bicyclic) bond motifs is 1. The molecule has 0 bridgehead atoms. The first kappa shape index (κ1) is 13.9. The molecule has 3 rings (SSSR count). The summed E-state index contributed by atoms with van der Waals surface area (Å²) in [5.74, 6) is 0.347. The van der Waals surface area contributed by atoms with Crippen molar-refractivity contribution in [1.29, 1.82) is 0 Å². The molecule has 1 fully saturated rings. The molecule has 1 saturated heterocycles. The van der Waals surface area contributed by atoms with E-state index in [0.29, 0.717) is 23.5 Å². The molecule has 0 aromatic heterocycles. The number of piperidine rings is 1. The van der Waals surface area contributed by atoms with Crippen molar-refractivity contribution < 1.29 is 14.3 Å². The Morgan fingerprint density at radius 1 is 1.48 bits per heavy atom. The second-order valence-corrected chi connectivity index (χ2v) is 5.68. The highest BCUT2D eigenvalue weighted by atomic mass is 16.5. The van der Waals surface area contributed by atoms with Crippen molar-refractivity contribution in [2.75, 3.05) is 18.5 Å². The number of hydrogen-bond donors (Lipinski definition) is 2. The zero-order valence-corrected chi connectivity index (χ0v) is 12.0. The van der Waals surface area contributed by atoms with E-state index >= 15 is 0 Å². The molecule has 21 heavy (non-hydrogen) atoms. The molecule has 1 aromatic carbocycles. The molecule has 2 aliphatic rings. The maximum Gasteiger partial charge on any atom is 0.262 e. The average Bonchev–Trinajstić information content (AvgIpc) is 2.46. The predicted molar refractivity (Wildman–Crippen MR) is 78.3 cm³/mol. The lowest BCUT2D eigenvalue weighted by Gasteiger charge is -2.36. The molecule has 2 atom stereocenters. The van der Waals surface area contributed by atoms with E-state index in [1.54, 1.807) is 18.2 Å². The highest BCUT2D eigenvalue weighted by Gasteiger charge is 2.28. The standard InChI is InChI=1S/C15H19N3O3/c1-9-6-11(16)4-5-18(9)15(20)10-2-3-12-13(7-10)21-8-14(19)17-12/h2-3,7,9,11H,4-6,8,16H2,1H3,(H,17,19)/t9-,11+/m1/s1. The number of likely N-dealkylation sites (tertiary alicyclic amines) is 1. The lowest BCUT2D eigenvalue weighted by Crippen LogP contribution is -2.48. The van der Waals surface area contributed by atoms with Gasteiger partial charge in [0.25, 0.3) is 11.8 Å². The number of benzene rings is 1. The second-order valence-electron chi connectivity index (χ2n) is 5.68. The fraction of sp³-hybridized carbons (Fsp3) is 0.467. The van der Waals surface area contributed by atoms with E-state index in [-0.39, 0.29) is 30.5 Å². The Labute approximate surface area is 123 Å². The molecule has 112 valence electrons. The molecule has 6 nitrogen and oxygen atoms in total. The molecule has 0 radical (unpaired) electrons. The van der Waals surface area contributed by atoms with Gasteiger partial charge in [-0.2, -0.15) is 0 Å². The van der Waals surface area contributed by atoms with E-state index in [1.165, 1.54) is 0 Å². The Balaban J connectivity index is 1.80. The number of nitrogens with two attached hydrogens (primary N) is 1. The van der Waals surface area contributed by atoms with Crippen LogP contribution < -0.4 is 15.8 Å². The van der Waals surface area contributed by atoms with Crippen molar-refractivity contribution in [2.24, 2.45) is 5.73 Å². The Bertz CT molecular complexity index is 588. The van der Waals surface area contributed by atoms with Crippen molar-refractivity contribution in [3.63, 3.8) is 0 Å². The third kappa shape index (κ3) is 2.71. The highest BCUT2D eigenvalue weighted by Crippen LogP contribution is 2.29. The number of amides is 2. The Hall–Kier alpha value is -2.08. The number of rotatable bonds is 1. The van der Waals surface area contributed by atoms with Crippen LogP contribution in [0, 0.1) is 0 Å². The van der Waals surface area contributed by atoms with Gasteiger partial charge in [-0.25, -0.2) is 0 Å². The summed E-state index contributed by atoms with van der Waals surface area (Å²) >= 11 is 0. The van der Waals surface area contributed by atoms with Gasteiger partial charge in [0.05, 0.1) is 5.69 Å². The molecule has 2 heterocycles. The Kier molecular flexibility index (Phi) is 3.55. The SMILES string of the molecule is C[C@@H]1C[C@@H](N)CCN1C(=O)c1ccc2c(c1)OCC(=O)N2. The minimum Gasteiger partial charge on any atom is -0.482 e. The quantitative estimate of drug-likeness (QED) is 0.806. The largest absolute Gasteiger partial charge is 0.482 e. The lowest BCUT2D eigenvalue weighted by molar-refractivity contribution is -0.118. The Morgan fingerprint density at radius 2 is 2.29 bits per heavy atom. The molecule has 3 N–H and O–H groups in total. The van der Waals surface area contributed by atoms with Gasteiger partial charge in [-0.05, 0) is 38.0 Å². The number of nitrogens with zero attached hydrogens (tertiary/aromatic N) is 1. The average molecular weight is 289 g/mol. The van der Waals surface area contributed by atoms with Gasteiger partial charge in [0.1, 0.15) is 5.75 Å². The van der Waals surface area contributed by atoms with Crippen LogP contribution in [0.4, 0.5) is 5.69 Å². The van der Waals surface area contributed by atoms with Crippen LogP contribution in [-0.2, 0) is 4.79 Å². The lowest BCUT2D eigenvalue weighted by atomic mass is 9.98. The monoisotopic (exact) mass is 289 g/mol. The van der Waals surface area contributed by atoms with Crippen LogP contribution >= 0.6 is 0 Å². The van der Waals surface area contributed by atoms with E-state index in [4.69, 9.17) is 10.5 Å². The van der Waals surface area contributed by atoms with E-state index in [1.807, 2.05) is 11.8 Å².